The molecule has 1 fully saturated rings. The van der Waals surface area contributed by atoms with Crippen molar-refractivity contribution in [3.8, 4) is 0 Å². The first-order valence-corrected chi connectivity index (χ1v) is 8.70. The summed E-state index contributed by atoms with van der Waals surface area (Å²) < 4.78 is 5.56. The van der Waals surface area contributed by atoms with Crippen LogP contribution in [0.1, 0.15) is 30.9 Å². The van der Waals surface area contributed by atoms with Crippen LogP contribution < -0.4 is 5.32 Å². The molecule has 0 saturated carbocycles. The molecule has 0 spiro atoms. The number of carbonyl (C=O) groups is 2. The van der Waals surface area contributed by atoms with Gasteiger partial charge in [-0.3, -0.25) is 9.59 Å². The van der Waals surface area contributed by atoms with E-state index in [2.05, 4.69) is 12.2 Å². The van der Waals surface area contributed by atoms with Crippen molar-refractivity contribution in [2.45, 2.75) is 33.6 Å². The number of piperidine rings is 1. The van der Waals surface area contributed by atoms with Gasteiger partial charge in [-0.25, -0.2) is 0 Å². The number of rotatable bonds is 5. The maximum atomic E-state index is 12.7. The molecule has 1 aliphatic rings. The van der Waals surface area contributed by atoms with Crippen LogP contribution in [0.4, 0.5) is 5.69 Å². The molecule has 1 aromatic carbocycles. The molecule has 1 aromatic rings. The number of carbonyl (C=O) groups excluding carboxylic acids is 2. The molecule has 1 amide bonds. The van der Waals surface area contributed by atoms with Gasteiger partial charge in [-0.15, -0.1) is 0 Å². The number of esters is 1. The molecule has 5 nitrogen and oxygen atoms in total. The van der Waals surface area contributed by atoms with E-state index in [0.29, 0.717) is 17.6 Å². The number of likely N-dealkylation sites (tertiary alicyclic amines) is 1. The van der Waals surface area contributed by atoms with Crippen molar-refractivity contribution < 1.29 is 51.5 Å². The van der Waals surface area contributed by atoms with E-state index in [1.165, 1.54) is 7.11 Å². The molecular weight excluding hydrogens is 393 g/mol. The van der Waals surface area contributed by atoms with Gasteiger partial charge >= 0.3 is 5.97 Å². The van der Waals surface area contributed by atoms with Gasteiger partial charge in [-0.05, 0) is 44.7 Å². The van der Waals surface area contributed by atoms with E-state index in [1.54, 1.807) is 0 Å². The van der Waals surface area contributed by atoms with Crippen LogP contribution >= 0.6 is 0 Å². The Labute approximate surface area is 176 Å². The van der Waals surface area contributed by atoms with E-state index in [4.69, 9.17) is 4.74 Å². The molecule has 0 aliphatic carbocycles. The van der Waals surface area contributed by atoms with E-state index in [9.17, 15) is 9.59 Å². The summed E-state index contributed by atoms with van der Waals surface area (Å²) in [6, 6.07) is 5.99. The Morgan fingerprint density at radius 2 is 1.92 bits per heavy atom. The Hall–Kier alpha value is -0.776. The monoisotopic (exact) mass is 422 g/mol. The van der Waals surface area contributed by atoms with Crippen LogP contribution in [0.25, 0.3) is 0 Å². The Kier molecular flexibility index (Phi) is 8.72. The van der Waals surface area contributed by atoms with Gasteiger partial charge in [-0.1, -0.05) is 18.2 Å². The molecule has 0 bridgehead atoms. The van der Waals surface area contributed by atoms with Crippen LogP contribution in [0.3, 0.4) is 0 Å². The van der Waals surface area contributed by atoms with Crippen molar-refractivity contribution in [3.63, 3.8) is 0 Å². The number of nitrogens with zero attached hydrogens (tertiary/aromatic N) is 1. The molecule has 6 heteroatoms. The summed E-state index contributed by atoms with van der Waals surface area (Å²) >= 11 is 0. The minimum absolute atomic E-state index is 0. The predicted octanol–water partition coefficient (Wildman–Crippen LogP) is 2.66. The number of quaternary nitrogens is 1. The van der Waals surface area contributed by atoms with E-state index in [0.717, 1.165) is 42.7 Å². The summed E-state index contributed by atoms with van der Waals surface area (Å²) in [5, 5.41) is 3.07. The fraction of sp³-hybridized carbons (Fsp3) is 0.579. The first-order valence-electron chi connectivity index (χ1n) is 8.70. The van der Waals surface area contributed by atoms with Gasteiger partial charge in [0.1, 0.15) is 5.92 Å². The summed E-state index contributed by atoms with van der Waals surface area (Å²) in [4.78, 5) is 24.6. The fourth-order valence-electron chi connectivity index (χ4n) is 3.72. The zero-order valence-electron chi connectivity index (χ0n) is 15.8. The number of likely N-dealkylation sites (N-methyl/N-ethyl adjacent to an activating group) is 1. The van der Waals surface area contributed by atoms with Crippen LogP contribution in [0.5, 0.6) is 0 Å². The number of anilines is 1. The second kappa shape index (κ2) is 9.79. The maximum absolute atomic E-state index is 12.7. The van der Waals surface area contributed by atoms with Crippen LogP contribution in [0.2, 0.25) is 0 Å². The Balaban J connectivity index is 0.00000312. The van der Waals surface area contributed by atoms with Crippen molar-refractivity contribution in [3.05, 3.63) is 29.3 Å². The van der Waals surface area contributed by atoms with Crippen molar-refractivity contribution in [1.82, 2.24) is 0 Å². The number of hydrogen-bond donors (Lipinski definition) is 1. The number of amides is 1. The quantitative estimate of drug-likeness (QED) is 0.587. The smallest absolute Gasteiger partial charge is 0.314 e. The number of benzene rings is 1. The van der Waals surface area contributed by atoms with Crippen molar-refractivity contribution in [2.75, 3.05) is 38.6 Å². The van der Waals surface area contributed by atoms with E-state index in [1.807, 2.05) is 32.0 Å². The third-order valence-electron chi connectivity index (χ3n) is 5.22. The molecule has 2 rings (SSSR count). The average molecular weight is 422 g/mol. The fourth-order valence-corrected chi connectivity index (χ4v) is 3.72. The normalized spacial score (nSPS) is 22.6. The number of hydrogen-bond acceptors (Lipinski definition) is 3. The molecule has 1 heterocycles. The van der Waals surface area contributed by atoms with Crippen molar-refractivity contribution >= 4 is 17.6 Å². The number of nitrogens with one attached hydrogen (secondary N) is 1. The third kappa shape index (κ3) is 5.60. The van der Waals surface area contributed by atoms with Gasteiger partial charge < -0.3 is 14.5 Å². The molecule has 2 unspecified atom stereocenters. The van der Waals surface area contributed by atoms with Crippen molar-refractivity contribution in [1.29, 1.82) is 0 Å². The molecular formula is C19H29N2O3Y+. The Morgan fingerprint density at radius 1 is 1.28 bits per heavy atom. The summed E-state index contributed by atoms with van der Waals surface area (Å²) in [7, 11) is 1.44. The summed E-state index contributed by atoms with van der Waals surface area (Å²) in [6.45, 7) is 8.95. The Bertz CT molecular complexity index is 600. The molecule has 2 atom stereocenters. The number of ether oxygens (including phenoxy) is 1. The second-order valence-electron chi connectivity index (χ2n) is 6.90. The SMILES string of the molecule is CC[N+]1(CC(=O)Nc2c(C)cccc2C)CCCC(C(=O)OC)C1.[Y]. The number of aryl methyl sites for hydroxylation is 2. The zero-order valence-corrected chi connectivity index (χ0v) is 18.6. The van der Waals surface area contributed by atoms with Crippen LogP contribution in [-0.2, 0) is 47.0 Å². The van der Waals surface area contributed by atoms with E-state index >= 15 is 0 Å². The molecule has 1 N–H and O–H groups in total. The molecule has 0 aromatic heterocycles. The van der Waals surface area contributed by atoms with Crippen LogP contribution in [-0.4, -0.2) is 49.6 Å². The summed E-state index contributed by atoms with van der Waals surface area (Å²) in [5.41, 5.74) is 3.04. The van der Waals surface area contributed by atoms with Gasteiger partial charge in [0, 0.05) is 38.4 Å². The zero-order chi connectivity index (χ0) is 17.7. The second-order valence-corrected chi connectivity index (χ2v) is 6.90. The topological polar surface area (TPSA) is 55.4 Å². The minimum atomic E-state index is -0.152. The van der Waals surface area contributed by atoms with Gasteiger partial charge in [0.2, 0.25) is 0 Å². The third-order valence-corrected chi connectivity index (χ3v) is 5.22. The minimum Gasteiger partial charge on any atom is -0.469 e. The van der Waals surface area contributed by atoms with E-state index < -0.39 is 0 Å². The van der Waals surface area contributed by atoms with Crippen LogP contribution in [0, 0.1) is 19.8 Å². The number of methoxy groups -OCH3 is 1. The largest absolute Gasteiger partial charge is 0.469 e. The van der Waals surface area contributed by atoms with Crippen LogP contribution in [0.15, 0.2) is 18.2 Å². The predicted molar refractivity (Wildman–Crippen MR) is 94.7 cm³/mol. The molecule has 1 radical (unpaired) electrons. The molecule has 135 valence electrons. The first-order chi connectivity index (χ1) is 11.4. The van der Waals surface area contributed by atoms with Crippen molar-refractivity contribution in [2.24, 2.45) is 5.92 Å². The average Bonchev–Trinajstić information content (AvgIpc) is 2.57. The van der Waals surface area contributed by atoms with Gasteiger partial charge in [-0.2, -0.15) is 0 Å². The molecule has 1 saturated heterocycles. The Morgan fingerprint density at radius 3 is 2.48 bits per heavy atom. The number of para-hydroxylation sites is 1. The van der Waals surface area contributed by atoms with E-state index in [-0.39, 0.29) is 50.5 Å². The standard InChI is InChI=1S/C19H28N2O3.Y/c1-5-21(11-7-10-16(12-21)19(23)24-4)13-17(22)20-18-14(2)8-6-9-15(18)3;/h6,8-9,16H,5,7,10-13H2,1-4H3;/p+1. The summed E-state index contributed by atoms with van der Waals surface area (Å²) in [5.74, 6) is -0.239. The maximum Gasteiger partial charge on any atom is 0.314 e. The molecule has 25 heavy (non-hydrogen) atoms. The summed E-state index contributed by atoms with van der Waals surface area (Å²) in [6.07, 6.45) is 1.80. The van der Waals surface area contributed by atoms with Gasteiger partial charge in [0.25, 0.3) is 5.91 Å². The molecule has 1 aliphatic heterocycles. The van der Waals surface area contributed by atoms with Gasteiger partial charge in [0.15, 0.2) is 6.54 Å². The first kappa shape index (κ1) is 22.3. The van der Waals surface area contributed by atoms with Gasteiger partial charge in [0.05, 0.1) is 26.7 Å².